The Balaban J connectivity index is 0.00000200. The number of allylic oxidation sites excluding steroid dienone is 2. The van der Waals surface area contributed by atoms with Crippen LogP contribution in [-0.4, -0.2) is 14.2 Å². The zero-order valence-electron chi connectivity index (χ0n) is 31.3. The van der Waals surface area contributed by atoms with Crippen LogP contribution in [0.25, 0.3) is 34.4 Å². The second kappa shape index (κ2) is 15.2. The summed E-state index contributed by atoms with van der Waals surface area (Å²) < 4.78 is 14.6. The minimum absolute atomic E-state index is 0. The molecular weight excluding hydrogens is 858 g/mol. The minimum atomic E-state index is -3.35. The Kier molecular flexibility index (Phi) is 10.7. The van der Waals surface area contributed by atoms with E-state index < -0.39 is 20.0 Å². The van der Waals surface area contributed by atoms with Crippen LogP contribution in [0.1, 0.15) is 107 Å². The number of benzene rings is 4. The predicted molar refractivity (Wildman–Crippen MR) is 223 cm³/mol. The van der Waals surface area contributed by atoms with Crippen molar-refractivity contribution >= 4 is 37.0 Å². The fraction of sp³-hybridized carbons (Fsp3) is 0.417. The molecule has 5 heteroatoms. The van der Waals surface area contributed by atoms with Crippen molar-refractivity contribution in [1.82, 2.24) is 0 Å². The summed E-state index contributed by atoms with van der Waals surface area (Å²) in [7, 11) is 3.54. The second-order valence-electron chi connectivity index (χ2n) is 16.7. The van der Waals surface area contributed by atoms with Gasteiger partial charge >= 0.3 is 311 Å². The van der Waals surface area contributed by atoms with Crippen LogP contribution < -0.4 is 9.47 Å². The molecule has 4 fully saturated rings. The maximum Gasteiger partial charge on any atom is -0.147 e. The van der Waals surface area contributed by atoms with Gasteiger partial charge in [0.25, 0.3) is 0 Å². The second-order valence-corrected chi connectivity index (χ2v) is 33.4. The number of hydrogen-bond acceptors (Lipinski definition) is 2. The summed E-state index contributed by atoms with van der Waals surface area (Å²) >= 11 is -3.35. The van der Waals surface area contributed by atoms with Crippen LogP contribution in [0, 0.1) is 11.8 Å². The van der Waals surface area contributed by atoms with E-state index in [1.807, 2.05) is 11.1 Å². The average Bonchev–Trinajstić information content (AvgIpc) is 3.86. The molecule has 0 amide bonds. The van der Waals surface area contributed by atoms with E-state index in [0.29, 0.717) is 7.35 Å². The summed E-state index contributed by atoms with van der Waals surface area (Å²) in [5, 5.41) is 0. The van der Waals surface area contributed by atoms with E-state index in [9.17, 15) is 0 Å². The molecule has 276 valence electrons. The summed E-state index contributed by atoms with van der Waals surface area (Å²) in [4.78, 5) is 0. The first-order chi connectivity index (χ1) is 25.2. The molecule has 1 heterocycles. The Hall–Kier alpha value is -2.59. The van der Waals surface area contributed by atoms with Gasteiger partial charge in [0.2, 0.25) is 0 Å². The summed E-state index contributed by atoms with van der Waals surface area (Å²) in [5.74, 6) is 3.39. The van der Waals surface area contributed by atoms with Gasteiger partial charge in [-0.25, -0.2) is 0 Å². The number of hydrogen-bond donors (Lipinski definition) is 0. The summed E-state index contributed by atoms with van der Waals surface area (Å²) in [6.45, 7) is 0. The maximum absolute atomic E-state index is 5.58. The third-order valence-corrected chi connectivity index (χ3v) is 39.2. The third kappa shape index (κ3) is 5.97. The van der Waals surface area contributed by atoms with Crippen molar-refractivity contribution in [2.75, 3.05) is 14.2 Å². The number of ether oxygens (including phenoxy) is 2. The summed E-state index contributed by atoms with van der Waals surface area (Å²) in [6, 6.07) is 32.6. The van der Waals surface area contributed by atoms with Crippen LogP contribution in [0.2, 0.25) is 7.35 Å². The SMILES string of the molecule is COc1ccc(-c2cccc3c2C=C(C2CCCC2)[CH]3[Hf]2([CH]3C(C4CCCC4)=Cc4c(-c5ccc(OC)cc5)cccc43)[CH]3CCCC[CH]32)cc1.Cl.Cl. The first-order valence-corrected chi connectivity index (χ1v) is 28.5. The first kappa shape index (κ1) is 37.3. The van der Waals surface area contributed by atoms with E-state index in [-0.39, 0.29) is 24.8 Å². The van der Waals surface area contributed by atoms with Gasteiger partial charge < -0.3 is 0 Å². The molecule has 53 heavy (non-hydrogen) atoms. The summed E-state index contributed by atoms with van der Waals surface area (Å²) in [5.41, 5.74) is 15.9. The largest absolute Gasteiger partial charge is 0.147 e. The number of fused-ring (bicyclic) bond motifs is 3. The molecule has 0 spiro atoms. The fourth-order valence-corrected chi connectivity index (χ4v) is 48.1. The Bertz CT molecular complexity index is 1870. The van der Waals surface area contributed by atoms with E-state index in [4.69, 9.17) is 9.47 Å². The molecule has 10 rings (SSSR count). The maximum atomic E-state index is 5.58. The molecule has 5 aliphatic carbocycles. The monoisotopic (exact) mass is 912 g/mol. The van der Waals surface area contributed by atoms with E-state index >= 15 is 0 Å². The van der Waals surface area contributed by atoms with E-state index in [1.54, 1.807) is 36.5 Å². The van der Waals surface area contributed by atoms with Crippen molar-refractivity contribution < 1.29 is 29.4 Å². The van der Waals surface area contributed by atoms with Gasteiger partial charge in [-0.05, 0) is 0 Å². The Morgan fingerprint density at radius 3 is 1.23 bits per heavy atom. The third-order valence-electron chi connectivity index (χ3n) is 14.6. The van der Waals surface area contributed by atoms with Gasteiger partial charge in [-0.1, -0.05) is 0 Å². The molecule has 0 radical (unpaired) electrons. The van der Waals surface area contributed by atoms with Gasteiger partial charge in [0.1, 0.15) is 0 Å². The summed E-state index contributed by atoms with van der Waals surface area (Å²) in [6.07, 6.45) is 22.6. The molecule has 0 aromatic heterocycles. The predicted octanol–water partition coefficient (Wildman–Crippen LogP) is 14.2. The number of halogens is 2. The van der Waals surface area contributed by atoms with E-state index in [2.05, 4.69) is 97.1 Å². The van der Waals surface area contributed by atoms with Gasteiger partial charge in [-0.15, -0.1) is 24.8 Å². The zero-order valence-corrected chi connectivity index (χ0v) is 36.5. The molecular formula is C48H54Cl2HfO2. The number of rotatable bonds is 8. The van der Waals surface area contributed by atoms with Gasteiger partial charge in [-0.3, -0.25) is 0 Å². The van der Waals surface area contributed by atoms with Crippen LogP contribution in [0.5, 0.6) is 11.5 Å². The topological polar surface area (TPSA) is 18.5 Å². The molecule has 1 saturated heterocycles. The Morgan fingerprint density at radius 2 is 0.849 bits per heavy atom. The molecule has 0 bridgehead atoms. The quantitative estimate of drug-likeness (QED) is 0.164. The van der Waals surface area contributed by atoms with Gasteiger partial charge in [0.05, 0.1) is 0 Å². The van der Waals surface area contributed by atoms with Gasteiger partial charge in [0.15, 0.2) is 0 Å². The van der Waals surface area contributed by atoms with Crippen molar-refractivity contribution in [2.45, 2.75) is 91.7 Å². The Labute approximate surface area is 334 Å². The zero-order chi connectivity index (χ0) is 34.1. The first-order valence-electron chi connectivity index (χ1n) is 20.2. The fourth-order valence-electron chi connectivity index (χ4n) is 12.5. The van der Waals surface area contributed by atoms with Crippen molar-refractivity contribution in [3.8, 4) is 33.8 Å². The standard InChI is InChI=1S/2C21H21O.C6H10.2ClH.Hf/c2*1-22-19-11-9-16(10-12-19)20-8-4-7-17-13-18(14-21(17)20)15-5-2-3-6-15;1-2-4-6-5-3-1;;;/h2*4,7-15H,2-3,5-6H2,1H3;1-2H,3-6H2;2*1H;. The molecule has 4 aromatic carbocycles. The smallest absolute Gasteiger partial charge is 0.147 e. The molecule has 2 nitrogen and oxygen atoms in total. The van der Waals surface area contributed by atoms with Crippen molar-refractivity contribution in [2.24, 2.45) is 11.8 Å². The van der Waals surface area contributed by atoms with Crippen LogP contribution >= 0.6 is 24.8 Å². The van der Waals surface area contributed by atoms with Gasteiger partial charge in [-0.2, -0.15) is 0 Å². The normalized spacial score (nSPS) is 27.1. The van der Waals surface area contributed by atoms with Crippen LogP contribution in [0.3, 0.4) is 0 Å². The van der Waals surface area contributed by atoms with Crippen molar-refractivity contribution in [1.29, 1.82) is 0 Å². The van der Waals surface area contributed by atoms with Gasteiger partial charge in [0, 0.05) is 0 Å². The van der Waals surface area contributed by atoms with Crippen LogP contribution in [-0.2, 0) is 20.0 Å². The molecule has 0 N–H and O–H groups in total. The average molecular weight is 912 g/mol. The molecule has 6 aliphatic rings. The van der Waals surface area contributed by atoms with Crippen LogP contribution in [0.4, 0.5) is 0 Å². The van der Waals surface area contributed by atoms with Crippen molar-refractivity contribution in [3.63, 3.8) is 0 Å². The van der Waals surface area contributed by atoms with Crippen molar-refractivity contribution in [3.05, 3.63) is 118 Å². The van der Waals surface area contributed by atoms with Crippen LogP contribution in [0.15, 0.2) is 96.1 Å². The Morgan fingerprint density at radius 1 is 0.472 bits per heavy atom. The molecule has 4 atom stereocenters. The number of methoxy groups -OCH3 is 2. The molecule has 3 saturated carbocycles. The van der Waals surface area contributed by atoms with E-state index in [1.165, 1.54) is 99.3 Å². The molecule has 4 aromatic rings. The molecule has 1 aliphatic heterocycles. The van der Waals surface area contributed by atoms with E-state index in [0.717, 1.165) is 30.7 Å². The minimum Gasteiger partial charge on any atom is -0.147 e. The molecule has 4 unspecified atom stereocenters.